The predicted octanol–water partition coefficient (Wildman–Crippen LogP) is 6.75. The van der Waals surface area contributed by atoms with Crippen LogP contribution in [0.2, 0.25) is 0 Å². The zero-order valence-electron chi connectivity index (χ0n) is 21.4. The molecular formula is C24H30F3N4O4PS2. The van der Waals surface area contributed by atoms with Gasteiger partial charge in [-0.15, -0.1) is 11.3 Å². The van der Waals surface area contributed by atoms with E-state index in [2.05, 4.69) is 20.4 Å². The number of halogens is 3. The molecule has 1 aliphatic carbocycles. The lowest BCUT2D eigenvalue weighted by atomic mass is 9.95. The number of aldehydes is 1. The third-order valence-corrected chi connectivity index (χ3v) is 8.99. The Labute approximate surface area is 229 Å². The van der Waals surface area contributed by atoms with E-state index >= 15 is 0 Å². The number of carbonyl (C=O) groups excluding carboxylic acids is 1. The number of carbonyl (C=O) groups is 1. The Morgan fingerprint density at radius 1 is 1.24 bits per heavy atom. The molecule has 0 radical (unpaired) electrons. The van der Waals surface area contributed by atoms with Crippen molar-refractivity contribution in [3.8, 4) is 0 Å². The molecule has 0 bridgehead atoms. The van der Waals surface area contributed by atoms with Crippen LogP contribution < -0.4 is 5.32 Å². The molecule has 0 saturated heterocycles. The normalized spacial score (nSPS) is 15.1. The maximum Gasteiger partial charge on any atom is 0.446 e. The van der Waals surface area contributed by atoms with E-state index in [0.29, 0.717) is 24.9 Å². The number of hydrogen-bond acceptors (Lipinski definition) is 10. The van der Waals surface area contributed by atoms with E-state index in [1.807, 2.05) is 34.0 Å². The van der Waals surface area contributed by atoms with Gasteiger partial charge in [0, 0.05) is 29.4 Å². The molecule has 1 atom stereocenters. The Kier molecular flexibility index (Phi) is 11.1. The van der Waals surface area contributed by atoms with Crippen molar-refractivity contribution in [2.24, 2.45) is 0 Å². The topological polar surface area (TPSA) is 99.4 Å². The standard InChI is InChI=1S/C19H22F3N2O4PS.C5H8N2S/c1-3-26-29(27-4-2)14(12-25)11-16-23-17(24-28-16)18(9-10-18)13-5-7-15(8-6-13)30-19(20,21)22;1-4-3-7-5(6-2)8-4/h5-8,12,14H,3-4,9-11H2,1-2H3;3H,1-2H3,(H,6,7). The maximum atomic E-state index is 12.5. The second kappa shape index (κ2) is 13.8. The molecule has 3 aromatic rings. The summed E-state index contributed by atoms with van der Waals surface area (Å²) in [5.41, 5.74) is -4.45. The second-order valence-corrected chi connectivity index (χ2v) is 12.3. The molecule has 1 N–H and O–H groups in total. The molecule has 1 aromatic carbocycles. The molecule has 2 heterocycles. The van der Waals surface area contributed by atoms with E-state index in [0.717, 1.165) is 29.8 Å². The minimum atomic E-state index is -4.32. The van der Waals surface area contributed by atoms with E-state index in [9.17, 15) is 18.0 Å². The van der Waals surface area contributed by atoms with Crippen LogP contribution in [0.25, 0.3) is 0 Å². The van der Waals surface area contributed by atoms with Crippen molar-refractivity contribution in [3.05, 3.63) is 52.6 Å². The van der Waals surface area contributed by atoms with Crippen LogP contribution in [0.4, 0.5) is 18.3 Å². The average Bonchev–Trinajstić information content (AvgIpc) is 3.35. The fourth-order valence-corrected chi connectivity index (χ4v) is 6.11. The van der Waals surface area contributed by atoms with Gasteiger partial charge in [0.05, 0.1) is 24.3 Å². The summed E-state index contributed by atoms with van der Waals surface area (Å²) in [7, 11) is 0.473. The van der Waals surface area contributed by atoms with Gasteiger partial charge in [-0.1, -0.05) is 17.3 Å². The number of nitrogens with one attached hydrogen (secondary N) is 1. The van der Waals surface area contributed by atoms with E-state index in [1.165, 1.54) is 17.0 Å². The first-order valence-corrected chi connectivity index (χ1v) is 14.8. The highest BCUT2D eigenvalue weighted by Gasteiger charge is 2.50. The molecule has 2 aromatic heterocycles. The summed E-state index contributed by atoms with van der Waals surface area (Å²) in [4.78, 5) is 21.4. The Morgan fingerprint density at radius 3 is 2.34 bits per heavy atom. The molecule has 4 rings (SSSR count). The van der Waals surface area contributed by atoms with Crippen LogP contribution in [0.1, 0.15) is 48.8 Å². The number of thiazole rings is 1. The van der Waals surface area contributed by atoms with Crippen LogP contribution in [-0.4, -0.2) is 52.8 Å². The van der Waals surface area contributed by atoms with Crippen molar-refractivity contribution in [2.45, 2.75) is 61.5 Å². The third kappa shape index (κ3) is 8.47. The zero-order valence-corrected chi connectivity index (χ0v) is 24.0. The lowest BCUT2D eigenvalue weighted by molar-refractivity contribution is -0.107. The molecule has 8 nitrogen and oxygen atoms in total. The molecule has 0 spiro atoms. The summed E-state index contributed by atoms with van der Waals surface area (Å²) in [6, 6.07) is 6.26. The van der Waals surface area contributed by atoms with Gasteiger partial charge in [-0.3, -0.25) is 0 Å². The minimum Gasteiger partial charge on any atom is -0.365 e. The second-order valence-electron chi connectivity index (χ2n) is 8.22. The van der Waals surface area contributed by atoms with Gasteiger partial charge < -0.3 is 23.7 Å². The summed E-state index contributed by atoms with van der Waals surface area (Å²) < 4.78 is 54.1. The molecule has 208 valence electrons. The Bertz CT molecular complexity index is 1150. The molecule has 0 aliphatic heterocycles. The molecule has 1 unspecified atom stereocenters. The van der Waals surface area contributed by atoms with Crippen molar-refractivity contribution in [3.63, 3.8) is 0 Å². The molecular weight excluding hydrogens is 560 g/mol. The number of thioether (sulfide) groups is 1. The van der Waals surface area contributed by atoms with E-state index in [4.69, 9.17) is 13.6 Å². The number of hydrogen-bond donors (Lipinski definition) is 1. The van der Waals surface area contributed by atoms with E-state index in [-0.39, 0.29) is 23.1 Å². The van der Waals surface area contributed by atoms with Crippen LogP contribution >= 0.6 is 31.5 Å². The van der Waals surface area contributed by atoms with Gasteiger partial charge in [0.15, 0.2) is 19.3 Å². The smallest absolute Gasteiger partial charge is 0.365 e. The van der Waals surface area contributed by atoms with Crippen LogP contribution in [0.15, 0.2) is 39.9 Å². The van der Waals surface area contributed by atoms with Gasteiger partial charge >= 0.3 is 5.51 Å². The van der Waals surface area contributed by atoms with Crippen LogP contribution in [-0.2, 0) is 25.7 Å². The molecule has 1 aliphatic rings. The maximum absolute atomic E-state index is 12.5. The van der Waals surface area contributed by atoms with Crippen LogP contribution in [0.5, 0.6) is 0 Å². The van der Waals surface area contributed by atoms with Gasteiger partial charge in [0.1, 0.15) is 6.29 Å². The first-order valence-electron chi connectivity index (χ1n) is 11.9. The van der Waals surface area contributed by atoms with Crippen molar-refractivity contribution < 1.29 is 31.5 Å². The first-order chi connectivity index (χ1) is 18.1. The monoisotopic (exact) mass is 590 g/mol. The minimum absolute atomic E-state index is 0.130. The molecule has 1 saturated carbocycles. The van der Waals surface area contributed by atoms with Gasteiger partial charge in [-0.2, -0.15) is 18.2 Å². The lowest BCUT2D eigenvalue weighted by Crippen LogP contribution is -2.15. The predicted molar refractivity (Wildman–Crippen MR) is 143 cm³/mol. The highest BCUT2D eigenvalue weighted by Crippen LogP contribution is 2.53. The number of alkyl halides is 3. The van der Waals surface area contributed by atoms with Gasteiger partial charge in [-0.05, 0) is 63.1 Å². The average molecular weight is 591 g/mol. The number of rotatable bonds is 12. The fourth-order valence-electron chi connectivity index (χ4n) is 3.58. The van der Waals surface area contributed by atoms with E-state index < -0.39 is 25.0 Å². The molecule has 1 fully saturated rings. The number of aryl methyl sites for hydroxylation is 1. The molecule has 38 heavy (non-hydrogen) atoms. The Morgan fingerprint density at radius 2 is 1.89 bits per heavy atom. The largest absolute Gasteiger partial charge is 0.446 e. The number of aromatic nitrogens is 3. The molecule has 0 amide bonds. The fraction of sp³-hybridized carbons (Fsp3) is 0.500. The van der Waals surface area contributed by atoms with Crippen LogP contribution in [0.3, 0.4) is 0 Å². The highest BCUT2D eigenvalue weighted by molar-refractivity contribution is 8.00. The summed E-state index contributed by atoms with van der Waals surface area (Å²) >= 11 is 1.52. The van der Waals surface area contributed by atoms with Crippen LogP contribution in [0, 0.1) is 6.92 Å². The highest BCUT2D eigenvalue weighted by atomic mass is 32.2. The number of anilines is 1. The zero-order chi connectivity index (χ0) is 27.8. The van der Waals surface area contributed by atoms with Crippen molar-refractivity contribution in [2.75, 3.05) is 25.6 Å². The first kappa shape index (κ1) is 30.5. The Hall–Kier alpha value is -2.05. The SMILES string of the molecule is CCOP(OCC)C(C=O)Cc1nc(C2(c3ccc(SC(F)(F)F)cc3)CC2)no1.CNc1ncc(C)s1. The van der Waals surface area contributed by atoms with Gasteiger partial charge in [0.2, 0.25) is 5.89 Å². The summed E-state index contributed by atoms with van der Waals surface area (Å²) in [6.07, 6.45) is 4.40. The summed E-state index contributed by atoms with van der Waals surface area (Å²) in [5.74, 6) is 0.792. The third-order valence-electron chi connectivity index (χ3n) is 5.45. The Balaban J connectivity index is 0.000000427. The number of nitrogens with zero attached hydrogens (tertiary/aromatic N) is 3. The lowest BCUT2D eigenvalue weighted by Gasteiger charge is -2.20. The molecule has 14 heteroatoms. The quantitative estimate of drug-likeness (QED) is 0.140. The van der Waals surface area contributed by atoms with Crippen molar-refractivity contribution >= 4 is 42.9 Å². The van der Waals surface area contributed by atoms with E-state index in [1.54, 1.807) is 23.5 Å². The summed E-state index contributed by atoms with van der Waals surface area (Å²) in [6.45, 7) is 6.55. The van der Waals surface area contributed by atoms with Gasteiger partial charge in [0.25, 0.3) is 0 Å². The summed E-state index contributed by atoms with van der Waals surface area (Å²) in [5, 5.41) is 8.03. The van der Waals surface area contributed by atoms with Crippen molar-refractivity contribution in [1.82, 2.24) is 15.1 Å². The number of benzene rings is 1. The van der Waals surface area contributed by atoms with Crippen molar-refractivity contribution in [1.29, 1.82) is 0 Å². The van der Waals surface area contributed by atoms with Gasteiger partial charge in [-0.25, -0.2) is 4.98 Å².